The van der Waals surface area contributed by atoms with E-state index in [0.717, 1.165) is 10.0 Å². The van der Waals surface area contributed by atoms with Crippen molar-refractivity contribution in [3.63, 3.8) is 0 Å². The minimum atomic E-state index is -0.496. The maximum absolute atomic E-state index is 12.0. The van der Waals surface area contributed by atoms with E-state index < -0.39 is 6.04 Å². The normalized spacial score (nSPS) is 12.1. The molecule has 1 rings (SSSR count). The predicted molar refractivity (Wildman–Crippen MR) is 78.4 cm³/mol. The molecule has 1 unspecified atom stereocenters. The van der Waals surface area contributed by atoms with E-state index in [1.807, 2.05) is 38.1 Å². The topological polar surface area (TPSA) is 58.2 Å². The van der Waals surface area contributed by atoms with E-state index in [4.69, 9.17) is 0 Å². The summed E-state index contributed by atoms with van der Waals surface area (Å²) >= 11 is 3.38. The Kier molecular flexibility index (Phi) is 6.02. The van der Waals surface area contributed by atoms with Crippen molar-refractivity contribution < 1.29 is 9.59 Å². The Hall–Kier alpha value is -1.36. The van der Waals surface area contributed by atoms with Crippen molar-refractivity contribution in [3.05, 3.63) is 34.3 Å². The van der Waals surface area contributed by atoms with Gasteiger partial charge >= 0.3 is 0 Å². The summed E-state index contributed by atoms with van der Waals surface area (Å²) in [6, 6.07) is 7.24. The van der Waals surface area contributed by atoms with Crippen molar-refractivity contribution in [1.82, 2.24) is 10.6 Å². The summed E-state index contributed by atoms with van der Waals surface area (Å²) in [5.41, 5.74) is 1.01. The third kappa shape index (κ3) is 5.42. The van der Waals surface area contributed by atoms with Crippen molar-refractivity contribution in [2.45, 2.75) is 33.4 Å². The summed E-state index contributed by atoms with van der Waals surface area (Å²) in [4.78, 5) is 23.1. The summed E-state index contributed by atoms with van der Waals surface area (Å²) in [6.45, 7) is 5.66. The van der Waals surface area contributed by atoms with Gasteiger partial charge in [0.2, 0.25) is 11.8 Å². The van der Waals surface area contributed by atoms with E-state index in [-0.39, 0.29) is 17.7 Å². The molecule has 0 saturated carbocycles. The lowest BCUT2D eigenvalue weighted by Crippen LogP contribution is -2.48. The van der Waals surface area contributed by atoms with Crippen LogP contribution in [0.3, 0.4) is 0 Å². The number of benzene rings is 1. The number of rotatable bonds is 5. The highest BCUT2D eigenvalue weighted by atomic mass is 79.9. The molecule has 0 bridgehead atoms. The highest BCUT2D eigenvalue weighted by molar-refractivity contribution is 9.10. The third-order valence-electron chi connectivity index (χ3n) is 2.66. The summed E-state index contributed by atoms with van der Waals surface area (Å²) in [5.74, 6) is -0.312. The van der Waals surface area contributed by atoms with E-state index in [2.05, 4.69) is 26.6 Å². The largest absolute Gasteiger partial charge is 0.350 e. The van der Waals surface area contributed by atoms with Gasteiger partial charge in [0, 0.05) is 17.9 Å². The molecule has 104 valence electrons. The molecule has 0 aliphatic carbocycles. The first kappa shape index (κ1) is 15.7. The maximum atomic E-state index is 12.0. The molecule has 0 radical (unpaired) electrons. The Balaban J connectivity index is 2.59. The average Bonchev–Trinajstić information content (AvgIpc) is 2.32. The summed E-state index contributed by atoms with van der Waals surface area (Å²) in [6.07, 6.45) is 0. The third-order valence-corrected chi connectivity index (χ3v) is 3.16. The molecule has 1 aromatic carbocycles. The van der Waals surface area contributed by atoms with Gasteiger partial charge in [0.25, 0.3) is 0 Å². The molecule has 0 spiro atoms. The van der Waals surface area contributed by atoms with Gasteiger partial charge in [-0.15, -0.1) is 0 Å². The van der Waals surface area contributed by atoms with Crippen LogP contribution < -0.4 is 10.6 Å². The van der Waals surface area contributed by atoms with Gasteiger partial charge in [0.05, 0.1) is 0 Å². The molecule has 1 aromatic rings. The van der Waals surface area contributed by atoms with Gasteiger partial charge in [-0.3, -0.25) is 9.59 Å². The van der Waals surface area contributed by atoms with Crippen LogP contribution in [0.15, 0.2) is 28.7 Å². The Bertz CT molecular complexity index is 461. The summed E-state index contributed by atoms with van der Waals surface area (Å²) in [5, 5.41) is 5.50. The fraction of sp³-hybridized carbons (Fsp3) is 0.429. The average molecular weight is 327 g/mol. The first-order valence-corrected chi connectivity index (χ1v) is 6.98. The zero-order chi connectivity index (χ0) is 14.4. The molecule has 0 aromatic heterocycles. The zero-order valence-corrected chi connectivity index (χ0v) is 13.0. The fourth-order valence-corrected chi connectivity index (χ4v) is 2.15. The van der Waals surface area contributed by atoms with Crippen molar-refractivity contribution in [3.8, 4) is 0 Å². The Morgan fingerprint density at radius 3 is 2.53 bits per heavy atom. The van der Waals surface area contributed by atoms with Crippen LogP contribution in [-0.2, 0) is 16.1 Å². The van der Waals surface area contributed by atoms with Gasteiger partial charge in [-0.1, -0.05) is 41.9 Å². The molecule has 4 nitrogen and oxygen atoms in total. The minimum Gasteiger partial charge on any atom is -0.350 e. The second kappa shape index (κ2) is 7.28. The molecule has 0 aliphatic rings. The minimum absolute atomic E-state index is 0.0476. The highest BCUT2D eigenvalue weighted by Gasteiger charge is 2.22. The van der Waals surface area contributed by atoms with Crippen LogP contribution >= 0.6 is 15.9 Å². The molecule has 5 heteroatoms. The van der Waals surface area contributed by atoms with Crippen LogP contribution in [0.2, 0.25) is 0 Å². The molecule has 2 amide bonds. The number of hydrogen-bond donors (Lipinski definition) is 2. The smallest absolute Gasteiger partial charge is 0.243 e. The second-order valence-corrected chi connectivity index (χ2v) is 5.69. The fourth-order valence-electron chi connectivity index (χ4n) is 1.70. The molecule has 19 heavy (non-hydrogen) atoms. The van der Waals surface area contributed by atoms with E-state index in [9.17, 15) is 9.59 Å². The lowest BCUT2D eigenvalue weighted by Gasteiger charge is -2.20. The van der Waals surface area contributed by atoms with Crippen molar-refractivity contribution in [2.75, 3.05) is 0 Å². The number of carbonyl (C=O) groups excluding carboxylic acids is 2. The van der Waals surface area contributed by atoms with Gasteiger partial charge in [0.1, 0.15) is 6.04 Å². The molecular formula is C14H19BrN2O2. The standard InChI is InChI=1S/C14H19BrN2O2/c1-9(2)13(17-10(3)18)14(19)16-8-11-5-4-6-12(15)7-11/h4-7,9,13H,8H2,1-3H3,(H,16,19)(H,17,18). The highest BCUT2D eigenvalue weighted by Crippen LogP contribution is 2.11. The van der Waals surface area contributed by atoms with Gasteiger partial charge in [-0.2, -0.15) is 0 Å². The lowest BCUT2D eigenvalue weighted by molar-refractivity contribution is -0.129. The Labute approximate surface area is 122 Å². The van der Waals surface area contributed by atoms with Gasteiger partial charge in [-0.25, -0.2) is 0 Å². The number of nitrogens with one attached hydrogen (secondary N) is 2. The quantitative estimate of drug-likeness (QED) is 0.871. The van der Waals surface area contributed by atoms with Crippen molar-refractivity contribution in [2.24, 2.45) is 5.92 Å². The van der Waals surface area contributed by atoms with Gasteiger partial charge < -0.3 is 10.6 Å². The molecule has 0 aliphatic heterocycles. The molecule has 0 heterocycles. The number of hydrogen-bond acceptors (Lipinski definition) is 2. The van der Waals surface area contributed by atoms with Crippen LogP contribution in [0.25, 0.3) is 0 Å². The monoisotopic (exact) mass is 326 g/mol. The number of amides is 2. The summed E-state index contributed by atoms with van der Waals surface area (Å²) < 4.78 is 0.974. The van der Waals surface area contributed by atoms with E-state index in [1.54, 1.807) is 0 Å². The lowest BCUT2D eigenvalue weighted by atomic mass is 10.0. The Morgan fingerprint density at radius 1 is 1.32 bits per heavy atom. The van der Waals surface area contributed by atoms with Crippen LogP contribution in [-0.4, -0.2) is 17.9 Å². The van der Waals surface area contributed by atoms with Gasteiger partial charge in [-0.05, 0) is 23.6 Å². The van der Waals surface area contributed by atoms with Crippen LogP contribution in [0, 0.1) is 5.92 Å². The van der Waals surface area contributed by atoms with Crippen LogP contribution in [0.4, 0.5) is 0 Å². The van der Waals surface area contributed by atoms with Gasteiger partial charge in [0.15, 0.2) is 0 Å². The van der Waals surface area contributed by atoms with Crippen LogP contribution in [0.5, 0.6) is 0 Å². The van der Waals surface area contributed by atoms with Crippen molar-refractivity contribution >= 4 is 27.7 Å². The number of halogens is 1. The van der Waals surface area contributed by atoms with Crippen molar-refractivity contribution in [1.29, 1.82) is 0 Å². The predicted octanol–water partition coefficient (Wildman–Crippen LogP) is 2.23. The molecular weight excluding hydrogens is 308 g/mol. The first-order valence-electron chi connectivity index (χ1n) is 6.19. The molecule has 1 atom stereocenters. The van der Waals surface area contributed by atoms with Crippen LogP contribution in [0.1, 0.15) is 26.3 Å². The summed E-state index contributed by atoms with van der Waals surface area (Å²) in [7, 11) is 0. The molecule has 0 saturated heterocycles. The molecule has 2 N–H and O–H groups in total. The Morgan fingerprint density at radius 2 is 2.00 bits per heavy atom. The SMILES string of the molecule is CC(=O)NC(C(=O)NCc1cccc(Br)c1)C(C)C. The second-order valence-electron chi connectivity index (χ2n) is 4.77. The maximum Gasteiger partial charge on any atom is 0.243 e. The van der Waals surface area contributed by atoms with E-state index in [1.165, 1.54) is 6.92 Å². The van der Waals surface area contributed by atoms with E-state index >= 15 is 0 Å². The first-order chi connectivity index (χ1) is 8.90. The molecule has 0 fully saturated rings. The van der Waals surface area contributed by atoms with E-state index in [0.29, 0.717) is 6.54 Å². The number of carbonyl (C=O) groups is 2. The zero-order valence-electron chi connectivity index (χ0n) is 11.4.